The van der Waals surface area contributed by atoms with Gasteiger partial charge in [0.2, 0.25) is 0 Å². The van der Waals surface area contributed by atoms with Gasteiger partial charge in [-0.25, -0.2) is 0 Å². The average Bonchev–Trinajstić information content (AvgIpc) is 2.35. The molecule has 0 aliphatic heterocycles. The van der Waals surface area contributed by atoms with E-state index < -0.39 is 6.10 Å². The van der Waals surface area contributed by atoms with Crippen molar-refractivity contribution in [3.05, 3.63) is 23.8 Å². The molecule has 0 bridgehead atoms. The Morgan fingerprint density at radius 2 is 2.06 bits per heavy atom. The summed E-state index contributed by atoms with van der Waals surface area (Å²) < 4.78 is 10.4. The number of aliphatic hydroxyl groups excluding tert-OH is 2. The molecule has 0 spiro atoms. The fourth-order valence-electron chi connectivity index (χ4n) is 1.16. The lowest BCUT2D eigenvalue weighted by molar-refractivity contribution is 0.0535. The lowest BCUT2D eigenvalue weighted by Gasteiger charge is -2.12. The van der Waals surface area contributed by atoms with Gasteiger partial charge in [0.25, 0.3) is 0 Å². The number of ether oxygens (including phenoxy) is 2. The molecule has 1 aromatic carbocycles. The van der Waals surface area contributed by atoms with Gasteiger partial charge in [-0.1, -0.05) is 12.2 Å². The Balaban J connectivity index is 2.83. The van der Waals surface area contributed by atoms with Crippen molar-refractivity contribution in [2.24, 2.45) is 5.73 Å². The molecule has 1 rings (SSSR count). The predicted molar refractivity (Wildman–Crippen MR) is 67.5 cm³/mol. The second kappa shape index (κ2) is 6.39. The first-order valence-electron chi connectivity index (χ1n) is 4.97. The van der Waals surface area contributed by atoms with E-state index in [2.05, 4.69) is 0 Å². The molecule has 94 valence electrons. The molecule has 6 heteroatoms. The Morgan fingerprint density at radius 1 is 1.41 bits per heavy atom. The lowest BCUT2D eigenvalue weighted by atomic mass is 10.2. The number of hydrogen-bond acceptors (Lipinski definition) is 5. The summed E-state index contributed by atoms with van der Waals surface area (Å²) >= 11 is 4.87. The van der Waals surface area contributed by atoms with Gasteiger partial charge in [0.05, 0.1) is 13.7 Å². The summed E-state index contributed by atoms with van der Waals surface area (Å²) in [5.41, 5.74) is 6.14. The maximum atomic E-state index is 9.17. The van der Waals surface area contributed by atoms with Crippen LogP contribution >= 0.6 is 12.2 Å². The molecule has 0 fully saturated rings. The molecule has 1 unspecified atom stereocenters. The van der Waals surface area contributed by atoms with Crippen LogP contribution in [-0.2, 0) is 0 Å². The van der Waals surface area contributed by atoms with Crippen LogP contribution in [-0.4, -0.2) is 41.6 Å². The highest BCUT2D eigenvalue weighted by atomic mass is 32.1. The van der Waals surface area contributed by atoms with Gasteiger partial charge in [-0.3, -0.25) is 0 Å². The lowest BCUT2D eigenvalue weighted by Crippen LogP contribution is -2.21. The SMILES string of the molecule is COc1cc(OCC(O)CO)cc(C(N)=S)c1. The molecule has 0 heterocycles. The van der Waals surface area contributed by atoms with Crippen LogP contribution in [0.3, 0.4) is 0 Å². The summed E-state index contributed by atoms with van der Waals surface area (Å²) in [6.45, 7) is -0.368. The fraction of sp³-hybridized carbons (Fsp3) is 0.364. The molecule has 1 aromatic rings. The molecule has 0 amide bonds. The van der Waals surface area contributed by atoms with Crippen LogP contribution in [0.15, 0.2) is 18.2 Å². The molecular formula is C11H15NO4S. The second-order valence-electron chi connectivity index (χ2n) is 3.41. The number of benzene rings is 1. The van der Waals surface area contributed by atoms with E-state index in [1.165, 1.54) is 7.11 Å². The van der Waals surface area contributed by atoms with E-state index in [0.717, 1.165) is 0 Å². The van der Waals surface area contributed by atoms with Crippen molar-refractivity contribution >= 4 is 17.2 Å². The van der Waals surface area contributed by atoms with Crippen molar-refractivity contribution in [1.29, 1.82) is 0 Å². The first kappa shape index (κ1) is 13.7. The molecule has 0 saturated heterocycles. The smallest absolute Gasteiger partial charge is 0.123 e. The highest BCUT2D eigenvalue weighted by Gasteiger charge is 2.07. The molecule has 5 nitrogen and oxygen atoms in total. The Labute approximate surface area is 105 Å². The van der Waals surface area contributed by atoms with Crippen molar-refractivity contribution in [3.8, 4) is 11.5 Å². The fourth-order valence-corrected chi connectivity index (χ4v) is 1.28. The first-order chi connectivity index (χ1) is 8.06. The van der Waals surface area contributed by atoms with Gasteiger partial charge < -0.3 is 25.4 Å². The van der Waals surface area contributed by atoms with Gasteiger partial charge in [0.15, 0.2) is 0 Å². The summed E-state index contributed by atoms with van der Waals surface area (Å²) in [6, 6.07) is 4.98. The molecule has 0 saturated carbocycles. The van der Waals surface area contributed by atoms with Gasteiger partial charge in [0, 0.05) is 11.6 Å². The van der Waals surface area contributed by atoms with Crippen molar-refractivity contribution in [2.75, 3.05) is 20.3 Å². The summed E-state index contributed by atoms with van der Waals surface area (Å²) in [6.07, 6.45) is -0.922. The Bertz CT molecular complexity index is 397. The molecule has 0 radical (unpaired) electrons. The summed E-state index contributed by atoms with van der Waals surface area (Å²) in [7, 11) is 1.52. The monoisotopic (exact) mass is 257 g/mol. The summed E-state index contributed by atoms with van der Waals surface area (Å²) in [5, 5.41) is 17.8. The van der Waals surface area contributed by atoms with Crippen molar-refractivity contribution < 1.29 is 19.7 Å². The maximum Gasteiger partial charge on any atom is 0.123 e. The van der Waals surface area contributed by atoms with E-state index in [9.17, 15) is 0 Å². The van der Waals surface area contributed by atoms with Gasteiger partial charge in [-0.15, -0.1) is 0 Å². The van der Waals surface area contributed by atoms with E-state index in [0.29, 0.717) is 17.1 Å². The standard InChI is InChI=1S/C11H15NO4S/c1-15-9-2-7(11(12)17)3-10(4-9)16-6-8(14)5-13/h2-4,8,13-14H,5-6H2,1H3,(H2,12,17). The highest BCUT2D eigenvalue weighted by molar-refractivity contribution is 7.80. The van der Waals surface area contributed by atoms with Crippen LogP contribution in [0.5, 0.6) is 11.5 Å². The third-order valence-corrected chi connectivity index (χ3v) is 2.29. The Hall–Kier alpha value is -1.37. The highest BCUT2D eigenvalue weighted by Crippen LogP contribution is 2.22. The minimum Gasteiger partial charge on any atom is -0.497 e. The van der Waals surface area contributed by atoms with E-state index in [-0.39, 0.29) is 18.2 Å². The third-order valence-electron chi connectivity index (χ3n) is 2.05. The van der Waals surface area contributed by atoms with Gasteiger partial charge in [-0.2, -0.15) is 0 Å². The molecule has 0 aliphatic carbocycles. The minimum atomic E-state index is -0.922. The molecule has 0 aliphatic rings. The number of hydrogen-bond donors (Lipinski definition) is 3. The number of nitrogens with two attached hydrogens (primary N) is 1. The van der Waals surface area contributed by atoms with E-state index in [1.807, 2.05) is 0 Å². The van der Waals surface area contributed by atoms with Crippen molar-refractivity contribution in [3.63, 3.8) is 0 Å². The quantitative estimate of drug-likeness (QED) is 0.625. The van der Waals surface area contributed by atoms with E-state index >= 15 is 0 Å². The van der Waals surface area contributed by atoms with E-state index in [1.54, 1.807) is 18.2 Å². The molecular weight excluding hydrogens is 242 g/mol. The van der Waals surface area contributed by atoms with Crippen LogP contribution in [0.2, 0.25) is 0 Å². The molecule has 17 heavy (non-hydrogen) atoms. The van der Waals surface area contributed by atoms with Crippen molar-refractivity contribution in [1.82, 2.24) is 0 Å². The summed E-state index contributed by atoms with van der Waals surface area (Å²) in [4.78, 5) is 0.233. The largest absolute Gasteiger partial charge is 0.497 e. The zero-order chi connectivity index (χ0) is 12.8. The molecule has 0 aromatic heterocycles. The number of thiocarbonyl (C=S) groups is 1. The van der Waals surface area contributed by atoms with Gasteiger partial charge >= 0.3 is 0 Å². The zero-order valence-corrected chi connectivity index (χ0v) is 10.2. The third kappa shape index (κ3) is 4.18. The van der Waals surface area contributed by atoms with Crippen LogP contribution in [0, 0.1) is 0 Å². The van der Waals surface area contributed by atoms with Crippen LogP contribution < -0.4 is 15.2 Å². The Kier molecular flexibility index (Phi) is 5.14. The second-order valence-corrected chi connectivity index (χ2v) is 3.85. The van der Waals surface area contributed by atoms with Crippen LogP contribution in [0.1, 0.15) is 5.56 Å². The molecule has 1 atom stereocenters. The number of aliphatic hydroxyl groups is 2. The van der Waals surface area contributed by atoms with Gasteiger partial charge in [0.1, 0.15) is 29.2 Å². The van der Waals surface area contributed by atoms with Crippen LogP contribution in [0.4, 0.5) is 0 Å². The predicted octanol–water partition coefficient (Wildman–Crippen LogP) is 0.0614. The zero-order valence-electron chi connectivity index (χ0n) is 9.42. The average molecular weight is 257 g/mol. The number of rotatable bonds is 6. The van der Waals surface area contributed by atoms with Crippen LogP contribution in [0.25, 0.3) is 0 Å². The normalized spacial score (nSPS) is 11.9. The summed E-state index contributed by atoms with van der Waals surface area (Å²) in [5.74, 6) is 1.03. The maximum absolute atomic E-state index is 9.17. The minimum absolute atomic E-state index is 0.0135. The Morgan fingerprint density at radius 3 is 2.59 bits per heavy atom. The van der Waals surface area contributed by atoms with Crippen molar-refractivity contribution in [2.45, 2.75) is 6.10 Å². The molecule has 4 N–H and O–H groups in total. The van der Waals surface area contributed by atoms with E-state index in [4.69, 9.17) is 37.6 Å². The first-order valence-corrected chi connectivity index (χ1v) is 5.38. The number of methoxy groups -OCH3 is 1. The topological polar surface area (TPSA) is 84.9 Å². The van der Waals surface area contributed by atoms with Gasteiger partial charge in [-0.05, 0) is 12.1 Å².